The van der Waals surface area contributed by atoms with Crippen LogP contribution in [0.25, 0.3) is 0 Å². The Hall–Kier alpha value is -2.53. The number of carboxylic acids is 1. The predicted molar refractivity (Wildman–Crippen MR) is 109 cm³/mol. The van der Waals surface area contributed by atoms with Crippen LogP contribution in [0.1, 0.15) is 47.6 Å². The third kappa shape index (κ3) is 3.99. The Morgan fingerprint density at radius 2 is 1.82 bits per heavy atom. The first-order valence-corrected chi connectivity index (χ1v) is 9.74. The number of carbonyl (C=O) groups is 1. The van der Waals surface area contributed by atoms with E-state index in [0.29, 0.717) is 17.9 Å². The molecular weight excluding hydrogens is 354 g/mol. The number of aryl methyl sites for hydroxylation is 2. The topological polar surface area (TPSA) is 59.0 Å². The van der Waals surface area contributed by atoms with Crippen LogP contribution < -0.4 is 9.47 Å². The molecule has 1 saturated heterocycles. The Kier molecular flexibility index (Phi) is 6.25. The van der Waals surface area contributed by atoms with Crippen molar-refractivity contribution in [2.75, 3.05) is 20.8 Å². The van der Waals surface area contributed by atoms with Gasteiger partial charge in [0.2, 0.25) is 0 Å². The van der Waals surface area contributed by atoms with Crippen LogP contribution in [-0.2, 0) is 4.79 Å². The van der Waals surface area contributed by atoms with Gasteiger partial charge < -0.3 is 14.6 Å². The number of benzene rings is 2. The molecule has 0 amide bonds. The summed E-state index contributed by atoms with van der Waals surface area (Å²) in [7, 11) is 3.24. The lowest BCUT2D eigenvalue weighted by molar-refractivity contribution is -0.145. The maximum atomic E-state index is 12.0. The van der Waals surface area contributed by atoms with E-state index < -0.39 is 12.0 Å². The standard InChI is InChI=1S/C23H29NO4/c1-15-8-9-16(2)18(13-15)22(24-12-6-5-7-19(24)23(25)26)17-10-11-20(27-3)21(14-17)28-4/h8-11,13-14,19,22H,5-7,12H2,1-4H3,(H,25,26). The molecule has 2 atom stereocenters. The number of aliphatic carboxylic acids is 1. The third-order valence-electron chi connectivity index (χ3n) is 5.61. The molecule has 3 rings (SSSR count). The molecular formula is C23H29NO4. The van der Waals surface area contributed by atoms with Crippen molar-refractivity contribution in [1.29, 1.82) is 0 Å². The fourth-order valence-electron chi connectivity index (χ4n) is 4.16. The second kappa shape index (κ2) is 8.65. The minimum Gasteiger partial charge on any atom is -0.493 e. The molecule has 1 N–H and O–H groups in total. The lowest BCUT2D eigenvalue weighted by atomic mass is 9.88. The SMILES string of the molecule is COc1ccc(C(c2cc(C)ccc2C)N2CCCCC2C(=O)O)cc1OC. The van der Waals surface area contributed by atoms with Gasteiger partial charge in [-0.05, 0) is 62.1 Å². The number of piperidine rings is 1. The van der Waals surface area contributed by atoms with E-state index in [4.69, 9.17) is 9.47 Å². The molecule has 1 fully saturated rings. The molecule has 2 aromatic carbocycles. The van der Waals surface area contributed by atoms with Gasteiger partial charge in [-0.25, -0.2) is 0 Å². The van der Waals surface area contributed by atoms with Crippen molar-refractivity contribution < 1.29 is 19.4 Å². The van der Waals surface area contributed by atoms with Gasteiger partial charge in [0.25, 0.3) is 0 Å². The lowest BCUT2D eigenvalue weighted by Gasteiger charge is -2.40. The summed E-state index contributed by atoms with van der Waals surface area (Å²) in [6.07, 6.45) is 2.61. The molecule has 2 aromatic rings. The van der Waals surface area contributed by atoms with Crippen molar-refractivity contribution in [1.82, 2.24) is 4.90 Å². The summed E-state index contributed by atoms with van der Waals surface area (Å²) >= 11 is 0. The molecule has 1 heterocycles. The van der Waals surface area contributed by atoms with Crippen molar-refractivity contribution in [3.05, 3.63) is 58.7 Å². The second-order valence-electron chi connectivity index (χ2n) is 7.46. The number of nitrogens with zero attached hydrogens (tertiary/aromatic N) is 1. The highest BCUT2D eigenvalue weighted by atomic mass is 16.5. The first-order chi connectivity index (χ1) is 13.5. The van der Waals surface area contributed by atoms with Crippen LogP contribution in [-0.4, -0.2) is 42.8 Å². The van der Waals surface area contributed by atoms with E-state index in [1.54, 1.807) is 14.2 Å². The summed E-state index contributed by atoms with van der Waals surface area (Å²) in [6, 6.07) is 11.6. The van der Waals surface area contributed by atoms with Crippen molar-refractivity contribution >= 4 is 5.97 Å². The van der Waals surface area contributed by atoms with E-state index in [1.165, 1.54) is 0 Å². The molecule has 0 bridgehead atoms. The second-order valence-corrected chi connectivity index (χ2v) is 7.46. The van der Waals surface area contributed by atoms with Gasteiger partial charge in [0, 0.05) is 0 Å². The van der Waals surface area contributed by atoms with Crippen LogP contribution in [0.2, 0.25) is 0 Å². The Morgan fingerprint density at radius 3 is 2.50 bits per heavy atom. The normalized spacial score (nSPS) is 18.5. The molecule has 1 aliphatic heterocycles. The Bertz CT molecular complexity index is 848. The summed E-state index contributed by atoms with van der Waals surface area (Å²) in [4.78, 5) is 14.2. The first-order valence-electron chi connectivity index (χ1n) is 9.74. The van der Waals surface area contributed by atoms with Gasteiger partial charge in [-0.15, -0.1) is 0 Å². The van der Waals surface area contributed by atoms with Gasteiger partial charge in [-0.1, -0.05) is 36.2 Å². The molecule has 0 aliphatic carbocycles. The molecule has 0 spiro atoms. The van der Waals surface area contributed by atoms with Gasteiger partial charge in [-0.2, -0.15) is 0 Å². The first kappa shape index (κ1) is 20.2. The number of likely N-dealkylation sites (tertiary alicyclic amines) is 1. The van der Waals surface area contributed by atoms with E-state index in [0.717, 1.165) is 41.6 Å². The van der Waals surface area contributed by atoms with Crippen molar-refractivity contribution in [2.45, 2.75) is 45.2 Å². The minimum absolute atomic E-state index is 0.152. The zero-order valence-electron chi connectivity index (χ0n) is 17.1. The zero-order chi connectivity index (χ0) is 20.3. The van der Waals surface area contributed by atoms with Crippen molar-refractivity contribution in [3.63, 3.8) is 0 Å². The number of hydrogen-bond acceptors (Lipinski definition) is 4. The summed E-state index contributed by atoms with van der Waals surface area (Å²) in [6.45, 7) is 4.91. The molecule has 5 nitrogen and oxygen atoms in total. The predicted octanol–water partition coefficient (Wildman–Crippen LogP) is 4.35. The number of methoxy groups -OCH3 is 2. The van der Waals surface area contributed by atoms with E-state index in [9.17, 15) is 9.90 Å². The third-order valence-corrected chi connectivity index (χ3v) is 5.61. The van der Waals surface area contributed by atoms with Gasteiger partial charge >= 0.3 is 5.97 Å². The molecule has 150 valence electrons. The molecule has 2 unspecified atom stereocenters. The molecule has 28 heavy (non-hydrogen) atoms. The minimum atomic E-state index is -0.754. The largest absolute Gasteiger partial charge is 0.493 e. The summed E-state index contributed by atoms with van der Waals surface area (Å²) in [5, 5.41) is 9.87. The van der Waals surface area contributed by atoms with E-state index >= 15 is 0 Å². The highest BCUT2D eigenvalue weighted by Crippen LogP contribution is 2.39. The molecule has 0 saturated carbocycles. The maximum Gasteiger partial charge on any atom is 0.320 e. The van der Waals surface area contributed by atoms with Gasteiger partial charge in [0.05, 0.1) is 20.3 Å². The monoisotopic (exact) mass is 383 g/mol. The Balaban J connectivity index is 2.17. The van der Waals surface area contributed by atoms with Crippen LogP contribution >= 0.6 is 0 Å². The Labute approximate surface area is 166 Å². The molecule has 5 heteroatoms. The highest BCUT2D eigenvalue weighted by molar-refractivity contribution is 5.73. The average molecular weight is 383 g/mol. The fourth-order valence-corrected chi connectivity index (χ4v) is 4.16. The van der Waals surface area contributed by atoms with E-state index in [1.807, 2.05) is 18.2 Å². The van der Waals surface area contributed by atoms with E-state index in [2.05, 4.69) is 36.9 Å². The average Bonchev–Trinajstić information content (AvgIpc) is 2.70. The quantitative estimate of drug-likeness (QED) is 0.804. The molecule has 1 aliphatic rings. The van der Waals surface area contributed by atoms with Crippen LogP contribution in [0.3, 0.4) is 0 Å². The maximum absolute atomic E-state index is 12.0. The van der Waals surface area contributed by atoms with Crippen LogP contribution in [0.4, 0.5) is 0 Å². The summed E-state index contributed by atoms with van der Waals surface area (Å²) < 4.78 is 10.9. The van der Waals surface area contributed by atoms with Crippen LogP contribution in [0, 0.1) is 13.8 Å². The van der Waals surface area contributed by atoms with E-state index in [-0.39, 0.29) is 6.04 Å². The molecule has 0 radical (unpaired) electrons. The van der Waals surface area contributed by atoms with Gasteiger partial charge in [0.1, 0.15) is 6.04 Å². The van der Waals surface area contributed by atoms with Gasteiger partial charge in [-0.3, -0.25) is 9.69 Å². The van der Waals surface area contributed by atoms with Crippen molar-refractivity contribution in [3.8, 4) is 11.5 Å². The highest BCUT2D eigenvalue weighted by Gasteiger charge is 2.36. The zero-order valence-corrected chi connectivity index (χ0v) is 17.1. The number of rotatable bonds is 6. The van der Waals surface area contributed by atoms with Crippen LogP contribution in [0.15, 0.2) is 36.4 Å². The fraction of sp³-hybridized carbons (Fsp3) is 0.435. The summed E-state index contributed by atoms with van der Waals surface area (Å²) in [5.41, 5.74) is 4.47. The number of carboxylic acid groups (broad SMARTS) is 1. The Morgan fingerprint density at radius 1 is 1.07 bits per heavy atom. The van der Waals surface area contributed by atoms with Crippen LogP contribution in [0.5, 0.6) is 11.5 Å². The number of hydrogen-bond donors (Lipinski definition) is 1. The lowest BCUT2D eigenvalue weighted by Crippen LogP contribution is -2.47. The van der Waals surface area contributed by atoms with Crippen molar-refractivity contribution in [2.24, 2.45) is 0 Å². The smallest absolute Gasteiger partial charge is 0.320 e. The molecule has 0 aromatic heterocycles. The van der Waals surface area contributed by atoms with Gasteiger partial charge in [0.15, 0.2) is 11.5 Å². The number of ether oxygens (including phenoxy) is 2. The summed E-state index contributed by atoms with van der Waals surface area (Å²) in [5.74, 6) is 0.564.